The number of benzene rings is 2. The normalized spacial score (nSPS) is 19.0. The van der Waals surface area contributed by atoms with E-state index in [2.05, 4.69) is 32.6 Å². The predicted molar refractivity (Wildman–Crippen MR) is 120 cm³/mol. The first-order valence-corrected chi connectivity index (χ1v) is 11.4. The topological polar surface area (TPSA) is 95.1 Å². The van der Waals surface area contributed by atoms with Gasteiger partial charge in [0, 0.05) is 20.8 Å². The molecule has 2 aliphatic carbocycles. The van der Waals surface area contributed by atoms with Crippen LogP contribution in [0, 0.1) is 11.3 Å². The Balaban J connectivity index is 1.43. The summed E-state index contributed by atoms with van der Waals surface area (Å²) < 4.78 is 6.87. The second-order valence-corrected chi connectivity index (χ2v) is 9.61. The summed E-state index contributed by atoms with van der Waals surface area (Å²) in [7, 11) is 0. The Kier molecular flexibility index (Phi) is 4.78. The lowest BCUT2D eigenvalue weighted by Crippen LogP contribution is -2.61. The van der Waals surface area contributed by atoms with Crippen molar-refractivity contribution in [1.82, 2.24) is 10.6 Å². The first kappa shape index (κ1) is 20.1. The SMILES string of the molecule is N#CC1(NC(=O)C2(NC(=O)c3ccc4c(c3)oc3cc(Br)ccc34)CCCCC2)CC1. The second kappa shape index (κ2) is 7.38. The highest BCUT2D eigenvalue weighted by Crippen LogP contribution is 2.37. The van der Waals surface area contributed by atoms with E-state index in [4.69, 9.17) is 4.42 Å². The molecule has 3 aromatic rings. The summed E-state index contributed by atoms with van der Waals surface area (Å²) in [5.74, 6) is -0.545. The molecule has 1 heterocycles. The Morgan fingerprint density at radius 3 is 2.29 bits per heavy atom. The van der Waals surface area contributed by atoms with Gasteiger partial charge in [-0.2, -0.15) is 5.26 Å². The number of nitrogens with zero attached hydrogens (tertiary/aromatic N) is 1. The van der Waals surface area contributed by atoms with Crippen molar-refractivity contribution < 1.29 is 14.0 Å². The Hall–Kier alpha value is -2.85. The lowest BCUT2D eigenvalue weighted by molar-refractivity contribution is -0.129. The van der Waals surface area contributed by atoms with Crippen LogP contribution in [0.3, 0.4) is 0 Å². The smallest absolute Gasteiger partial charge is 0.252 e. The number of furan rings is 1. The number of carbonyl (C=O) groups excluding carboxylic acids is 2. The molecule has 0 bridgehead atoms. The maximum absolute atomic E-state index is 13.2. The molecule has 0 unspecified atom stereocenters. The quantitative estimate of drug-likeness (QED) is 0.552. The fourth-order valence-corrected chi connectivity index (χ4v) is 4.81. The van der Waals surface area contributed by atoms with Crippen molar-refractivity contribution in [2.24, 2.45) is 0 Å². The van der Waals surface area contributed by atoms with Gasteiger partial charge < -0.3 is 15.1 Å². The zero-order chi connectivity index (χ0) is 21.6. The van der Waals surface area contributed by atoms with Crippen LogP contribution < -0.4 is 10.6 Å². The molecule has 6 nitrogen and oxygen atoms in total. The highest BCUT2D eigenvalue weighted by Gasteiger charge is 2.50. The van der Waals surface area contributed by atoms with E-state index in [0.717, 1.165) is 40.1 Å². The lowest BCUT2D eigenvalue weighted by Gasteiger charge is -2.37. The van der Waals surface area contributed by atoms with E-state index in [1.807, 2.05) is 24.3 Å². The fourth-order valence-electron chi connectivity index (χ4n) is 4.47. The molecule has 0 spiro atoms. The third-order valence-electron chi connectivity index (χ3n) is 6.51. The summed E-state index contributed by atoms with van der Waals surface area (Å²) in [6.45, 7) is 0. The van der Waals surface area contributed by atoms with Crippen molar-refractivity contribution in [1.29, 1.82) is 5.26 Å². The van der Waals surface area contributed by atoms with Crippen molar-refractivity contribution in [3.63, 3.8) is 0 Å². The van der Waals surface area contributed by atoms with Gasteiger partial charge in [-0.3, -0.25) is 9.59 Å². The number of carbonyl (C=O) groups is 2. The Bertz CT molecular complexity index is 1250. The minimum Gasteiger partial charge on any atom is -0.456 e. The molecule has 5 rings (SSSR count). The first-order chi connectivity index (χ1) is 14.9. The summed E-state index contributed by atoms with van der Waals surface area (Å²) in [5, 5.41) is 17.2. The summed E-state index contributed by atoms with van der Waals surface area (Å²) in [4.78, 5) is 26.3. The number of hydrogen-bond acceptors (Lipinski definition) is 4. The zero-order valence-corrected chi connectivity index (χ0v) is 18.5. The Morgan fingerprint density at radius 1 is 0.935 bits per heavy atom. The van der Waals surface area contributed by atoms with Gasteiger partial charge in [0.1, 0.15) is 22.2 Å². The summed E-state index contributed by atoms with van der Waals surface area (Å²) in [6.07, 6.45) is 5.25. The van der Waals surface area contributed by atoms with Gasteiger partial charge in [0.15, 0.2) is 0 Å². The van der Waals surface area contributed by atoms with E-state index in [0.29, 0.717) is 36.8 Å². The van der Waals surface area contributed by atoms with Crippen LogP contribution in [0.5, 0.6) is 0 Å². The van der Waals surface area contributed by atoms with Crippen LogP contribution in [0.15, 0.2) is 45.3 Å². The number of fused-ring (bicyclic) bond motifs is 3. The van der Waals surface area contributed by atoms with Crippen LogP contribution in [-0.4, -0.2) is 22.9 Å². The van der Waals surface area contributed by atoms with Gasteiger partial charge in [0.2, 0.25) is 5.91 Å². The number of rotatable bonds is 4. The number of nitrogens with one attached hydrogen (secondary N) is 2. The minimum absolute atomic E-state index is 0.241. The lowest BCUT2D eigenvalue weighted by atomic mass is 9.80. The van der Waals surface area contributed by atoms with E-state index in [1.54, 1.807) is 12.1 Å². The monoisotopic (exact) mass is 479 g/mol. The number of hydrogen-bond donors (Lipinski definition) is 2. The van der Waals surface area contributed by atoms with Crippen LogP contribution in [-0.2, 0) is 4.79 Å². The van der Waals surface area contributed by atoms with E-state index < -0.39 is 11.1 Å². The van der Waals surface area contributed by atoms with Crippen molar-refractivity contribution in [2.45, 2.75) is 56.0 Å². The minimum atomic E-state index is -0.977. The molecular formula is C24H22BrN3O3. The summed E-state index contributed by atoms with van der Waals surface area (Å²) in [5.41, 5.74) is 0.0915. The predicted octanol–water partition coefficient (Wildman–Crippen LogP) is 4.95. The van der Waals surface area contributed by atoms with Gasteiger partial charge in [-0.15, -0.1) is 0 Å². The van der Waals surface area contributed by atoms with Gasteiger partial charge in [-0.05, 0) is 62.1 Å². The highest BCUT2D eigenvalue weighted by atomic mass is 79.9. The third-order valence-corrected chi connectivity index (χ3v) is 7.00. The Morgan fingerprint density at radius 2 is 1.61 bits per heavy atom. The molecule has 158 valence electrons. The second-order valence-electron chi connectivity index (χ2n) is 8.70. The molecule has 2 amide bonds. The average molecular weight is 480 g/mol. The highest BCUT2D eigenvalue weighted by molar-refractivity contribution is 9.10. The maximum atomic E-state index is 13.2. The first-order valence-electron chi connectivity index (χ1n) is 10.6. The molecule has 0 radical (unpaired) electrons. The van der Waals surface area contributed by atoms with Gasteiger partial charge >= 0.3 is 0 Å². The molecule has 31 heavy (non-hydrogen) atoms. The molecule has 2 aromatic carbocycles. The van der Waals surface area contributed by atoms with Crippen molar-refractivity contribution in [3.05, 3.63) is 46.4 Å². The third kappa shape index (κ3) is 3.59. The van der Waals surface area contributed by atoms with E-state index >= 15 is 0 Å². The molecule has 2 aliphatic rings. The van der Waals surface area contributed by atoms with Crippen LogP contribution in [0.1, 0.15) is 55.3 Å². The van der Waals surface area contributed by atoms with Crippen LogP contribution in [0.2, 0.25) is 0 Å². The van der Waals surface area contributed by atoms with Crippen LogP contribution in [0.25, 0.3) is 21.9 Å². The molecule has 0 aliphatic heterocycles. The van der Waals surface area contributed by atoms with E-state index in [9.17, 15) is 14.9 Å². The summed E-state index contributed by atoms with van der Waals surface area (Å²) in [6, 6.07) is 13.4. The van der Waals surface area contributed by atoms with E-state index in [-0.39, 0.29) is 11.8 Å². The molecule has 1 aromatic heterocycles. The molecular weight excluding hydrogens is 458 g/mol. The van der Waals surface area contributed by atoms with Crippen LogP contribution >= 0.6 is 15.9 Å². The van der Waals surface area contributed by atoms with Gasteiger partial charge in [0.05, 0.1) is 6.07 Å². The average Bonchev–Trinajstić information content (AvgIpc) is 3.45. The zero-order valence-electron chi connectivity index (χ0n) is 17.0. The molecule has 2 N–H and O–H groups in total. The summed E-state index contributed by atoms with van der Waals surface area (Å²) >= 11 is 3.45. The molecule has 0 atom stereocenters. The van der Waals surface area contributed by atoms with Crippen LogP contribution in [0.4, 0.5) is 0 Å². The Labute approximate surface area is 188 Å². The number of nitriles is 1. The molecule has 2 fully saturated rings. The fraction of sp³-hybridized carbons (Fsp3) is 0.375. The van der Waals surface area contributed by atoms with Gasteiger partial charge in [0.25, 0.3) is 5.91 Å². The standard InChI is InChI=1S/C24H22BrN3O3/c25-16-5-7-18-17-6-4-15(12-19(17)31-20(18)13-16)21(29)27-24(8-2-1-3-9-24)22(30)28-23(14-26)10-11-23/h4-7,12-13H,1-3,8-11H2,(H,27,29)(H,28,30). The molecule has 0 saturated heterocycles. The van der Waals surface area contributed by atoms with E-state index in [1.165, 1.54) is 0 Å². The molecule has 7 heteroatoms. The largest absolute Gasteiger partial charge is 0.456 e. The maximum Gasteiger partial charge on any atom is 0.252 e. The number of halogens is 1. The van der Waals surface area contributed by atoms with Crippen molar-refractivity contribution in [3.8, 4) is 6.07 Å². The number of amides is 2. The van der Waals surface area contributed by atoms with Gasteiger partial charge in [-0.1, -0.05) is 35.2 Å². The van der Waals surface area contributed by atoms with Crippen molar-refractivity contribution >= 4 is 49.7 Å². The van der Waals surface area contributed by atoms with Gasteiger partial charge in [-0.25, -0.2) is 0 Å². The molecule has 2 saturated carbocycles. The van der Waals surface area contributed by atoms with Crippen molar-refractivity contribution in [2.75, 3.05) is 0 Å².